The summed E-state index contributed by atoms with van der Waals surface area (Å²) < 4.78 is 17.1. The number of hydrogen-bond acceptors (Lipinski definition) is 3. The van der Waals surface area contributed by atoms with E-state index in [-0.39, 0.29) is 17.1 Å². The molecule has 0 aliphatic heterocycles. The summed E-state index contributed by atoms with van der Waals surface area (Å²) >= 11 is 0. The first-order valence-electron chi connectivity index (χ1n) is 7.75. The van der Waals surface area contributed by atoms with Gasteiger partial charge in [-0.2, -0.15) is 30.3 Å². The smallest absolute Gasteiger partial charge is 0.377 e. The molecule has 2 aromatic carbocycles. The molecule has 0 aliphatic rings. The molecular weight excluding hydrogens is 348 g/mol. The Morgan fingerprint density at radius 1 is 0.870 bits per heavy atom. The van der Waals surface area contributed by atoms with Crippen LogP contribution in [0.3, 0.4) is 0 Å². The van der Waals surface area contributed by atoms with Crippen LogP contribution in [0, 0.1) is 0 Å². The van der Waals surface area contributed by atoms with Crippen molar-refractivity contribution in [3.05, 3.63) is 65.9 Å². The first kappa shape index (κ1) is 22.1. The van der Waals surface area contributed by atoms with Gasteiger partial charge in [-0.15, -0.1) is 23.8 Å². The van der Waals surface area contributed by atoms with Gasteiger partial charge in [-0.05, 0) is 20.8 Å². The molecule has 0 unspecified atom stereocenters. The van der Waals surface area contributed by atoms with Gasteiger partial charge >= 0.3 is 25.9 Å². The Balaban J connectivity index is 0.000000684. The van der Waals surface area contributed by atoms with Crippen LogP contribution < -0.4 is 0 Å². The zero-order chi connectivity index (χ0) is 16.1. The predicted octanol–water partition coefficient (Wildman–Crippen LogP) is 4.41. The fraction of sp³-hybridized carbons (Fsp3) is 0.333. The molecule has 2 rings (SSSR count). The first-order chi connectivity index (χ1) is 10.8. The van der Waals surface area contributed by atoms with Gasteiger partial charge in [0, 0.05) is 19.8 Å². The van der Waals surface area contributed by atoms with E-state index in [4.69, 9.17) is 13.3 Å². The summed E-state index contributed by atoms with van der Waals surface area (Å²) in [6, 6.07) is 18.1. The summed E-state index contributed by atoms with van der Waals surface area (Å²) in [5.41, 5.74) is 3.10. The normalized spacial score (nSPS) is 10.9. The van der Waals surface area contributed by atoms with Crippen molar-refractivity contribution in [2.75, 3.05) is 19.8 Å². The van der Waals surface area contributed by atoms with E-state index in [1.165, 1.54) is 0 Å². The van der Waals surface area contributed by atoms with Crippen LogP contribution in [-0.2, 0) is 30.3 Å². The van der Waals surface area contributed by atoms with E-state index < -0.39 is 8.80 Å². The van der Waals surface area contributed by atoms with E-state index in [0.29, 0.717) is 19.8 Å². The first-order valence-corrected chi connectivity index (χ1v) is 9.56. The van der Waals surface area contributed by atoms with Crippen LogP contribution in [-0.4, -0.2) is 28.6 Å². The fourth-order valence-electron chi connectivity index (χ4n) is 1.89. The molecule has 0 bridgehead atoms. The molecule has 0 atom stereocenters. The van der Waals surface area contributed by atoms with Crippen LogP contribution in [0.5, 0.6) is 0 Å². The van der Waals surface area contributed by atoms with Crippen molar-refractivity contribution in [1.82, 2.24) is 0 Å². The topological polar surface area (TPSA) is 27.7 Å². The maximum absolute atomic E-state index is 5.72. The van der Waals surface area contributed by atoms with Crippen molar-refractivity contribution in [2.24, 2.45) is 0 Å². The second kappa shape index (κ2) is 13.5. The summed E-state index contributed by atoms with van der Waals surface area (Å²) in [5.74, 6) is 0. The minimum atomic E-state index is -2.63. The van der Waals surface area contributed by atoms with Crippen molar-refractivity contribution in [1.29, 1.82) is 0 Å². The summed E-state index contributed by atoms with van der Waals surface area (Å²) in [5, 5.41) is 0. The van der Waals surface area contributed by atoms with E-state index in [2.05, 4.69) is 0 Å². The molecule has 0 saturated heterocycles. The minimum absolute atomic E-state index is 0. The zero-order valence-electron chi connectivity index (χ0n) is 14.1. The summed E-state index contributed by atoms with van der Waals surface area (Å²) in [4.78, 5) is 0. The molecular formula is C18H26FeO3Si. The van der Waals surface area contributed by atoms with Crippen molar-refractivity contribution < 1.29 is 30.3 Å². The second-order valence-electron chi connectivity index (χ2n) is 4.42. The summed E-state index contributed by atoms with van der Waals surface area (Å²) in [6.45, 7) is 7.65. The molecule has 3 nitrogen and oxygen atoms in total. The van der Waals surface area contributed by atoms with Crippen LogP contribution in [0.1, 0.15) is 26.3 Å². The number of rotatable bonds is 8. The molecule has 23 heavy (non-hydrogen) atoms. The number of hydrogen-bond donors (Lipinski definition) is 0. The quantitative estimate of drug-likeness (QED) is 0.506. The van der Waals surface area contributed by atoms with Crippen LogP contribution in [0.4, 0.5) is 0 Å². The standard InChI is InChI=1S/C13H21O3Si.C5H5.Fe/c1-4-14-17(15-5-2,16-6-3)12-11-13-9-7-8-10-13;1-2-4-5-3-1;/h7-12H,4-6H2,1-3H3;1-5H;/q2*-1;+2/b12-11+;;. The van der Waals surface area contributed by atoms with E-state index in [0.717, 1.165) is 5.56 Å². The molecule has 5 heteroatoms. The molecule has 2 aromatic rings. The Kier molecular flexibility index (Phi) is 12.9. The van der Waals surface area contributed by atoms with E-state index in [9.17, 15) is 0 Å². The Labute approximate surface area is 151 Å². The second-order valence-corrected chi connectivity index (χ2v) is 6.82. The average molecular weight is 374 g/mol. The molecule has 0 N–H and O–H groups in total. The van der Waals surface area contributed by atoms with Crippen LogP contribution in [0.2, 0.25) is 0 Å². The maximum Gasteiger partial charge on any atom is 2.00 e. The molecule has 128 valence electrons. The SMILES string of the molecule is CCO[Si](/C=C/[c-]1cccc1)(OCC)OCC.[Fe+2].c1cc[cH-]c1. The van der Waals surface area contributed by atoms with Gasteiger partial charge in [-0.1, -0.05) is 5.70 Å². The molecule has 0 spiro atoms. The van der Waals surface area contributed by atoms with Crippen molar-refractivity contribution in [3.63, 3.8) is 0 Å². The molecule has 0 radical (unpaired) electrons. The third-order valence-electron chi connectivity index (χ3n) is 2.76. The van der Waals surface area contributed by atoms with Gasteiger partial charge in [0.25, 0.3) is 0 Å². The Morgan fingerprint density at radius 3 is 1.70 bits per heavy atom. The summed E-state index contributed by atoms with van der Waals surface area (Å²) in [6.07, 6.45) is 2.01. The van der Waals surface area contributed by atoms with Crippen LogP contribution in [0.15, 0.2) is 60.3 Å². The van der Waals surface area contributed by atoms with Gasteiger partial charge in [0.05, 0.1) is 0 Å². The Hall–Kier alpha value is -0.944. The van der Waals surface area contributed by atoms with Gasteiger partial charge in [-0.25, -0.2) is 12.1 Å². The molecule has 0 aliphatic carbocycles. The van der Waals surface area contributed by atoms with Gasteiger partial charge < -0.3 is 13.3 Å². The van der Waals surface area contributed by atoms with Gasteiger partial charge in [0.1, 0.15) is 0 Å². The third kappa shape index (κ3) is 9.06. The average Bonchev–Trinajstić information content (AvgIpc) is 3.22. The molecule has 0 aromatic heterocycles. The van der Waals surface area contributed by atoms with E-state index in [1.54, 1.807) is 0 Å². The fourth-order valence-corrected chi connectivity index (χ4v) is 4.03. The van der Waals surface area contributed by atoms with Crippen LogP contribution >= 0.6 is 0 Å². The largest absolute Gasteiger partial charge is 2.00 e. The Morgan fingerprint density at radius 2 is 1.35 bits per heavy atom. The minimum Gasteiger partial charge on any atom is -0.377 e. The molecule has 0 amide bonds. The predicted molar refractivity (Wildman–Crippen MR) is 93.7 cm³/mol. The maximum atomic E-state index is 5.72. The third-order valence-corrected chi connectivity index (χ3v) is 5.41. The van der Waals surface area contributed by atoms with E-state index >= 15 is 0 Å². The summed E-state index contributed by atoms with van der Waals surface area (Å²) in [7, 11) is -2.63. The zero-order valence-corrected chi connectivity index (χ0v) is 16.2. The van der Waals surface area contributed by atoms with E-state index in [1.807, 2.05) is 87.1 Å². The van der Waals surface area contributed by atoms with Crippen molar-refractivity contribution >= 4 is 14.9 Å². The van der Waals surface area contributed by atoms with Gasteiger partial charge in [0.15, 0.2) is 0 Å². The van der Waals surface area contributed by atoms with Gasteiger partial charge in [-0.3, -0.25) is 0 Å². The van der Waals surface area contributed by atoms with Crippen LogP contribution in [0.25, 0.3) is 6.08 Å². The molecule has 0 fully saturated rings. The monoisotopic (exact) mass is 374 g/mol. The van der Waals surface area contributed by atoms with Crippen molar-refractivity contribution in [3.8, 4) is 0 Å². The Bertz CT molecular complexity index is 446. The van der Waals surface area contributed by atoms with Crippen molar-refractivity contribution in [2.45, 2.75) is 20.8 Å². The molecule has 0 heterocycles. The molecule has 0 saturated carbocycles. The van der Waals surface area contributed by atoms with Gasteiger partial charge in [0.2, 0.25) is 0 Å².